The lowest BCUT2D eigenvalue weighted by Gasteiger charge is -2.33. The van der Waals surface area contributed by atoms with Crippen molar-refractivity contribution in [2.75, 3.05) is 56.1 Å². The van der Waals surface area contributed by atoms with E-state index in [0.29, 0.717) is 5.95 Å². The molecule has 1 aromatic rings. The predicted octanol–water partition coefficient (Wildman–Crippen LogP) is 1.52. The van der Waals surface area contributed by atoms with Crippen LogP contribution in [0.2, 0.25) is 0 Å². The molecule has 0 saturated carbocycles. The summed E-state index contributed by atoms with van der Waals surface area (Å²) >= 11 is 0. The number of piperazine rings is 1. The summed E-state index contributed by atoms with van der Waals surface area (Å²) in [6.07, 6.45) is -0.265. The van der Waals surface area contributed by atoms with Crippen molar-refractivity contribution in [1.29, 1.82) is 0 Å². The van der Waals surface area contributed by atoms with Gasteiger partial charge in [-0.05, 0) is 14.0 Å². The van der Waals surface area contributed by atoms with Gasteiger partial charge in [0.1, 0.15) is 0 Å². The van der Waals surface area contributed by atoms with E-state index in [4.69, 9.17) is 0 Å². The van der Waals surface area contributed by atoms with Crippen molar-refractivity contribution < 1.29 is 13.2 Å². The molecule has 22 heavy (non-hydrogen) atoms. The zero-order chi connectivity index (χ0) is 15.9. The Bertz CT molecular complexity index is 558. The van der Waals surface area contributed by atoms with Crippen LogP contribution in [0.15, 0.2) is 0 Å². The molecular formula is C14H20F3N5. The number of halogens is 3. The van der Waals surface area contributed by atoms with E-state index < -0.39 is 18.3 Å². The molecule has 2 fully saturated rings. The second-order valence-electron chi connectivity index (χ2n) is 6.06. The summed E-state index contributed by atoms with van der Waals surface area (Å²) < 4.78 is 41.1. The van der Waals surface area contributed by atoms with E-state index in [-0.39, 0.29) is 24.5 Å². The summed E-state index contributed by atoms with van der Waals surface area (Å²) in [6.45, 7) is 4.42. The van der Waals surface area contributed by atoms with Gasteiger partial charge in [-0.2, -0.15) is 4.98 Å². The summed E-state index contributed by atoms with van der Waals surface area (Å²) in [5.74, 6) is -2.95. The lowest BCUT2D eigenvalue weighted by atomic mass is 10.3. The third kappa shape index (κ3) is 2.97. The van der Waals surface area contributed by atoms with Gasteiger partial charge in [-0.1, -0.05) is 0 Å². The SMILES string of the molecule is Cc1nc(N2CCN(C)CC2)nc(N2CCC(F)(F)C2)c1F. The zero-order valence-electron chi connectivity index (χ0n) is 12.8. The first-order valence-electron chi connectivity index (χ1n) is 7.46. The monoisotopic (exact) mass is 315 g/mol. The minimum absolute atomic E-state index is 0.00129. The Morgan fingerprint density at radius 1 is 1.00 bits per heavy atom. The first-order valence-corrected chi connectivity index (χ1v) is 7.46. The molecule has 1 aromatic heterocycles. The highest BCUT2D eigenvalue weighted by molar-refractivity contribution is 5.48. The highest BCUT2D eigenvalue weighted by atomic mass is 19.3. The molecule has 2 aliphatic rings. The zero-order valence-corrected chi connectivity index (χ0v) is 12.8. The number of hydrogen-bond acceptors (Lipinski definition) is 5. The van der Waals surface area contributed by atoms with Crippen LogP contribution in [0, 0.1) is 12.7 Å². The van der Waals surface area contributed by atoms with Crippen molar-refractivity contribution in [3.63, 3.8) is 0 Å². The topological polar surface area (TPSA) is 35.5 Å². The molecule has 3 heterocycles. The largest absolute Gasteiger partial charge is 0.348 e. The Hall–Kier alpha value is -1.57. The Labute approximate surface area is 127 Å². The third-order valence-electron chi connectivity index (χ3n) is 4.24. The maximum absolute atomic E-state index is 14.3. The number of hydrogen-bond donors (Lipinski definition) is 0. The van der Waals surface area contributed by atoms with Crippen LogP contribution in [0.25, 0.3) is 0 Å². The number of aromatic nitrogens is 2. The van der Waals surface area contributed by atoms with Crippen molar-refractivity contribution in [1.82, 2.24) is 14.9 Å². The molecule has 2 aliphatic heterocycles. The van der Waals surface area contributed by atoms with Gasteiger partial charge in [0.05, 0.1) is 12.2 Å². The fraction of sp³-hybridized carbons (Fsp3) is 0.714. The van der Waals surface area contributed by atoms with Crippen LogP contribution < -0.4 is 9.80 Å². The van der Waals surface area contributed by atoms with Crippen LogP contribution >= 0.6 is 0 Å². The number of likely N-dealkylation sites (N-methyl/N-ethyl adjacent to an activating group) is 1. The molecule has 0 atom stereocenters. The second-order valence-corrected chi connectivity index (χ2v) is 6.06. The number of anilines is 2. The van der Waals surface area contributed by atoms with Gasteiger partial charge in [-0.25, -0.2) is 18.2 Å². The molecule has 2 saturated heterocycles. The molecule has 0 aliphatic carbocycles. The molecular weight excluding hydrogens is 295 g/mol. The molecule has 3 rings (SSSR count). The van der Waals surface area contributed by atoms with Crippen LogP contribution in [0.3, 0.4) is 0 Å². The highest BCUT2D eigenvalue weighted by Crippen LogP contribution is 2.32. The molecule has 0 radical (unpaired) electrons. The Morgan fingerprint density at radius 2 is 1.68 bits per heavy atom. The number of rotatable bonds is 2. The van der Waals surface area contributed by atoms with Crippen LogP contribution in [0.4, 0.5) is 24.9 Å². The number of alkyl halides is 2. The van der Waals surface area contributed by atoms with Crippen LogP contribution in [-0.4, -0.2) is 67.1 Å². The minimum Gasteiger partial charge on any atom is -0.348 e. The minimum atomic E-state index is -2.78. The van der Waals surface area contributed by atoms with E-state index in [9.17, 15) is 13.2 Å². The Kier molecular flexibility index (Phi) is 3.88. The summed E-state index contributed by atoms with van der Waals surface area (Å²) in [5.41, 5.74) is 0.203. The quantitative estimate of drug-likeness (QED) is 0.827. The van der Waals surface area contributed by atoms with E-state index >= 15 is 0 Å². The summed E-state index contributed by atoms with van der Waals surface area (Å²) in [5, 5.41) is 0. The average Bonchev–Trinajstić information content (AvgIpc) is 2.82. The fourth-order valence-electron chi connectivity index (χ4n) is 2.80. The van der Waals surface area contributed by atoms with E-state index in [0.717, 1.165) is 26.2 Å². The fourth-order valence-corrected chi connectivity index (χ4v) is 2.80. The number of nitrogens with zero attached hydrogens (tertiary/aromatic N) is 5. The van der Waals surface area contributed by atoms with E-state index in [1.807, 2.05) is 11.9 Å². The van der Waals surface area contributed by atoms with E-state index in [1.54, 1.807) is 6.92 Å². The van der Waals surface area contributed by atoms with Crippen molar-refractivity contribution in [3.05, 3.63) is 11.5 Å². The average molecular weight is 315 g/mol. The van der Waals surface area contributed by atoms with E-state index in [2.05, 4.69) is 14.9 Å². The van der Waals surface area contributed by atoms with Gasteiger partial charge in [-0.3, -0.25) is 0 Å². The van der Waals surface area contributed by atoms with Crippen molar-refractivity contribution in [2.24, 2.45) is 0 Å². The summed E-state index contributed by atoms with van der Waals surface area (Å²) in [6, 6.07) is 0. The maximum Gasteiger partial charge on any atom is 0.266 e. The molecule has 0 amide bonds. The molecule has 0 N–H and O–H groups in total. The predicted molar refractivity (Wildman–Crippen MR) is 78.2 cm³/mol. The van der Waals surface area contributed by atoms with E-state index in [1.165, 1.54) is 4.90 Å². The second kappa shape index (κ2) is 5.57. The first kappa shape index (κ1) is 15.3. The lowest BCUT2D eigenvalue weighted by molar-refractivity contribution is 0.0256. The summed E-state index contributed by atoms with van der Waals surface area (Å²) in [7, 11) is 2.03. The maximum atomic E-state index is 14.3. The molecule has 0 aromatic carbocycles. The smallest absolute Gasteiger partial charge is 0.266 e. The van der Waals surface area contributed by atoms with Gasteiger partial charge >= 0.3 is 0 Å². The normalized spacial score (nSPS) is 22.4. The first-order chi connectivity index (χ1) is 10.4. The summed E-state index contributed by atoms with van der Waals surface area (Å²) in [4.78, 5) is 13.9. The molecule has 5 nitrogen and oxygen atoms in total. The molecule has 0 bridgehead atoms. The molecule has 0 spiro atoms. The van der Waals surface area contributed by atoms with Gasteiger partial charge in [0.15, 0.2) is 11.6 Å². The van der Waals surface area contributed by atoms with Crippen LogP contribution in [-0.2, 0) is 0 Å². The number of aryl methyl sites for hydroxylation is 1. The van der Waals surface area contributed by atoms with Crippen molar-refractivity contribution in [2.45, 2.75) is 19.3 Å². The molecule has 0 unspecified atom stereocenters. The van der Waals surface area contributed by atoms with Gasteiger partial charge < -0.3 is 14.7 Å². The highest BCUT2D eigenvalue weighted by Gasteiger charge is 2.40. The van der Waals surface area contributed by atoms with Crippen molar-refractivity contribution in [3.8, 4) is 0 Å². The standard InChI is InChI=1S/C14H20F3N5/c1-10-11(15)12(22-4-3-14(16,17)9-22)19-13(18-10)21-7-5-20(2)6-8-21/h3-9H2,1-2H3. The third-order valence-corrected chi connectivity index (χ3v) is 4.24. The lowest BCUT2D eigenvalue weighted by Crippen LogP contribution is -2.45. The van der Waals surface area contributed by atoms with Gasteiger partial charge in [0.25, 0.3) is 5.92 Å². The molecule has 8 heteroatoms. The Balaban J connectivity index is 1.87. The molecule has 122 valence electrons. The van der Waals surface area contributed by atoms with Gasteiger partial charge in [-0.15, -0.1) is 0 Å². The van der Waals surface area contributed by atoms with Crippen LogP contribution in [0.5, 0.6) is 0 Å². The van der Waals surface area contributed by atoms with Gasteiger partial charge in [0.2, 0.25) is 5.95 Å². The van der Waals surface area contributed by atoms with Gasteiger partial charge in [0, 0.05) is 39.1 Å². The van der Waals surface area contributed by atoms with Crippen LogP contribution in [0.1, 0.15) is 12.1 Å². The Morgan fingerprint density at radius 3 is 2.27 bits per heavy atom. The van der Waals surface area contributed by atoms with Crippen molar-refractivity contribution >= 4 is 11.8 Å².